The molecule has 26 heavy (non-hydrogen) atoms. The van der Waals surface area contributed by atoms with Gasteiger partial charge in [-0.1, -0.05) is 36.4 Å². The summed E-state index contributed by atoms with van der Waals surface area (Å²) < 4.78 is 18.7. The van der Waals surface area contributed by atoms with Crippen molar-refractivity contribution < 1.29 is 23.8 Å². The number of benzene rings is 2. The molecule has 0 saturated carbocycles. The minimum atomic E-state index is -0.894. The molecule has 0 aliphatic rings. The Labute approximate surface area is 152 Å². The van der Waals surface area contributed by atoms with Crippen molar-refractivity contribution >= 4 is 11.9 Å². The molecule has 2 aromatic rings. The van der Waals surface area contributed by atoms with Gasteiger partial charge in [0.05, 0.1) is 13.5 Å². The number of carbonyl (C=O) groups is 2. The smallest absolute Gasteiger partial charge is 0.303 e. The van der Waals surface area contributed by atoms with Crippen LogP contribution in [0.3, 0.4) is 0 Å². The lowest BCUT2D eigenvalue weighted by molar-refractivity contribution is -0.138. The zero-order chi connectivity index (χ0) is 18.9. The number of carboxylic acid groups (broad SMARTS) is 1. The van der Waals surface area contributed by atoms with E-state index in [1.165, 1.54) is 19.2 Å². The first-order chi connectivity index (χ1) is 12.5. The third-order valence-corrected chi connectivity index (χ3v) is 3.96. The van der Waals surface area contributed by atoms with Crippen LogP contribution in [0.15, 0.2) is 48.5 Å². The van der Waals surface area contributed by atoms with Gasteiger partial charge in [0.25, 0.3) is 0 Å². The van der Waals surface area contributed by atoms with Crippen molar-refractivity contribution in [3.8, 4) is 5.75 Å². The predicted molar refractivity (Wildman–Crippen MR) is 95.4 cm³/mol. The number of carboxylic acids is 1. The molecule has 6 heteroatoms. The molecule has 0 bridgehead atoms. The molecule has 0 spiro atoms. The fourth-order valence-electron chi connectivity index (χ4n) is 2.62. The van der Waals surface area contributed by atoms with E-state index < -0.39 is 11.8 Å². The van der Waals surface area contributed by atoms with Crippen molar-refractivity contribution in [2.75, 3.05) is 13.7 Å². The normalized spacial score (nSPS) is 10.4. The number of aliphatic carboxylic acids is 1. The number of amides is 1. The number of carbonyl (C=O) groups excluding carboxylic acids is 1. The average molecular weight is 359 g/mol. The van der Waals surface area contributed by atoms with Gasteiger partial charge in [-0.15, -0.1) is 0 Å². The number of hydrogen-bond acceptors (Lipinski definition) is 3. The van der Waals surface area contributed by atoms with Crippen LogP contribution in [0.5, 0.6) is 5.75 Å². The van der Waals surface area contributed by atoms with Gasteiger partial charge in [0.15, 0.2) is 11.6 Å². The van der Waals surface area contributed by atoms with Crippen LogP contribution in [0.25, 0.3) is 0 Å². The van der Waals surface area contributed by atoms with Gasteiger partial charge in [0.1, 0.15) is 0 Å². The Hall–Kier alpha value is -2.89. The summed E-state index contributed by atoms with van der Waals surface area (Å²) in [7, 11) is 1.38. The average Bonchev–Trinajstić information content (AvgIpc) is 2.61. The molecule has 1 amide bonds. The highest BCUT2D eigenvalue weighted by molar-refractivity contribution is 5.79. The Balaban J connectivity index is 2.08. The van der Waals surface area contributed by atoms with E-state index >= 15 is 0 Å². The van der Waals surface area contributed by atoms with Crippen LogP contribution in [0.1, 0.15) is 24.0 Å². The van der Waals surface area contributed by atoms with Gasteiger partial charge in [-0.25, -0.2) is 4.39 Å². The van der Waals surface area contributed by atoms with Gasteiger partial charge in [-0.05, 0) is 29.7 Å². The summed E-state index contributed by atoms with van der Waals surface area (Å²) in [5, 5.41) is 8.81. The molecule has 0 aliphatic carbocycles. The minimum absolute atomic E-state index is 0.00423. The Morgan fingerprint density at radius 1 is 1.12 bits per heavy atom. The van der Waals surface area contributed by atoms with E-state index in [1.807, 2.05) is 30.3 Å². The van der Waals surface area contributed by atoms with Crippen LogP contribution in [-0.2, 0) is 22.6 Å². The van der Waals surface area contributed by atoms with Crippen molar-refractivity contribution in [1.82, 2.24) is 4.90 Å². The molecule has 2 aromatic carbocycles. The lowest BCUT2D eigenvalue weighted by Gasteiger charge is -2.23. The van der Waals surface area contributed by atoms with Gasteiger partial charge in [-0.3, -0.25) is 9.59 Å². The maximum atomic E-state index is 13.8. The lowest BCUT2D eigenvalue weighted by atomic mass is 10.1. The van der Waals surface area contributed by atoms with Gasteiger partial charge in [0.2, 0.25) is 5.91 Å². The van der Waals surface area contributed by atoms with Crippen molar-refractivity contribution in [2.24, 2.45) is 0 Å². The molecule has 0 unspecified atom stereocenters. The second-order valence-electron chi connectivity index (χ2n) is 5.94. The molecule has 138 valence electrons. The van der Waals surface area contributed by atoms with Crippen molar-refractivity contribution in [3.63, 3.8) is 0 Å². The summed E-state index contributed by atoms with van der Waals surface area (Å²) in [6.45, 7) is 0.719. The largest absolute Gasteiger partial charge is 0.494 e. The second-order valence-corrected chi connectivity index (χ2v) is 5.94. The summed E-state index contributed by atoms with van der Waals surface area (Å²) in [4.78, 5) is 25.0. The van der Waals surface area contributed by atoms with Crippen LogP contribution >= 0.6 is 0 Å². The SMILES string of the molecule is COc1ccc(CC(=O)N(CCCC(=O)O)Cc2ccccc2)cc1F. The monoisotopic (exact) mass is 359 g/mol. The van der Waals surface area contributed by atoms with Gasteiger partial charge >= 0.3 is 5.97 Å². The summed E-state index contributed by atoms with van der Waals surface area (Å²) in [6, 6.07) is 13.9. The fourth-order valence-corrected chi connectivity index (χ4v) is 2.62. The van der Waals surface area contributed by atoms with Crippen molar-refractivity contribution in [3.05, 3.63) is 65.5 Å². The molecule has 1 N–H and O–H groups in total. The standard InChI is InChI=1S/C20H22FNO4/c1-26-18-10-9-16(12-17(18)21)13-19(23)22(11-5-8-20(24)25)14-15-6-3-2-4-7-15/h2-4,6-7,9-10,12H,5,8,11,13-14H2,1H3,(H,24,25). The topological polar surface area (TPSA) is 66.8 Å². The predicted octanol–water partition coefficient (Wildman–Crippen LogP) is 3.27. The molecular weight excluding hydrogens is 337 g/mol. The first-order valence-corrected chi connectivity index (χ1v) is 8.35. The van der Waals surface area contributed by atoms with Crippen LogP contribution < -0.4 is 4.74 Å². The molecule has 0 atom stereocenters. The highest BCUT2D eigenvalue weighted by Crippen LogP contribution is 2.19. The Kier molecular flexibility index (Phi) is 7.14. The van der Waals surface area contributed by atoms with Gasteiger partial charge < -0.3 is 14.7 Å². The van der Waals surface area contributed by atoms with Crippen LogP contribution in [0.2, 0.25) is 0 Å². The van der Waals surface area contributed by atoms with E-state index in [0.717, 1.165) is 5.56 Å². The van der Waals surface area contributed by atoms with E-state index in [2.05, 4.69) is 0 Å². The van der Waals surface area contributed by atoms with Crippen molar-refractivity contribution in [2.45, 2.75) is 25.8 Å². The molecule has 2 rings (SSSR count). The zero-order valence-corrected chi connectivity index (χ0v) is 14.7. The fraction of sp³-hybridized carbons (Fsp3) is 0.300. The molecule has 0 heterocycles. The number of hydrogen-bond donors (Lipinski definition) is 1. The number of methoxy groups -OCH3 is 1. The molecule has 0 fully saturated rings. The first-order valence-electron chi connectivity index (χ1n) is 8.35. The summed E-state index contributed by atoms with van der Waals surface area (Å²) >= 11 is 0. The second kappa shape index (κ2) is 9.56. The maximum absolute atomic E-state index is 13.8. The van der Waals surface area contributed by atoms with E-state index in [1.54, 1.807) is 11.0 Å². The number of rotatable bonds is 9. The third kappa shape index (κ3) is 5.88. The highest BCUT2D eigenvalue weighted by Gasteiger charge is 2.16. The van der Waals surface area contributed by atoms with Gasteiger partial charge in [-0.2, -0.15) is 0 Å². The minimum Gasteiger partial charge on any atom is -0.494 e. The molecule has 0 aromatic heterocycles. The summed E-state index contributed by atoms with van der Waals surface area (Å²) in [5.41, 5.74) is 1.50. The van der Waals surface area contributed by atoms with Gasteiger partial charge in [0, 0.05) is 19.5 Å². The number of halogens is 1. The molecule has 0 saturated heterocycles. The molecular formula is C20H22FNO4. The van der Waals surface area contributed by atoms with Crippen LogP contribution in [0.4, 0.5) is 4.39 Å². The summed E-state index contributed by atoms with van der Waals surface area (Å²) in [6.07, 6.45) is 0.404. The molecule has 0 aliphatic heterocycles. The highest BCUT2D eigenvalue weighted by atomic mass is 19.1. The number of ether oxygens (including phenoxy) is 1. The van der Waals surface area contributed by atoms with E-state index in [4.69, 9.17) is 9.84 Å². The molecule has 5 nitrogen and oxygen atoms in total. The van der Waals surface area contributed by atoms with E-state index in [0.29, 0.717) is 25.1 Å². The first kappa shape index (κ1) is 19.4. The number of nitrogens with zero attached hydrogens (tertiary/aromatic N) is 1. The lowest BCUT2D eigenvalue weighted by Crippen LogP contribution is -2.33. The Morgan fingerprint density at radius 3 is 2.46 bits per heavy atom. The Morgan fingerprint density at radius 2 is 1.85 bits per heavy atom. The molecule has 0 radical (unpaired) electrons. The third-order valence-electron chi connectivity index (χ3n) is 3.96. The Bertz CT molecular complexity index is 749. The zero-order valence-electron chi connectivity index (χ0n) is 14.7. The van der Waals surface area contributed by atoms with Crippen LogP contribution in [0, 0.1) is 5.82 Å². The van der Waals surface area contributed by atoms with E-state index in [9.17, 15) is 14.0 Å². The maximum Gasteiger partial charge on any atom is 0.303 e. The van der Waals surface area contributed by atoms with Crippen molar-refractivity contribution in [1.29, 1.82) is 0 Å². The summed E-state index contributed by atoms with van der Waals surface area (Å²) in [5.74, 6) is -1.46. The quantitative estimate of drug-likeness (QED) is 0.746. The van der Waals surface area contributed by atoms with E-state index in [-0.39, 0.29) is 24.5 Å². The van der Waals surface area contributed by atoms with Crippen LogP contribution in [-0.4, -0.2) is 35.5 Å².